The minimum absolute atomic E-state index is 0.178. The van der Waals surface area contributed by atoms with Gasteiger partial charge in [0.1, 0.15) is 18.3 Å². The number of aliphatic hydroxyl groups excluding tert-OH is 3. The second-order valence-electron chi connectivity index (χ2n) is 15.1. The molecule has 0 amide bonds. The third-order valence-corrected chi connectivity index (χ3v) is 11.2. The third-order valence-electron chi connectivity index (χ3n) is 11.2. The third kappa shape index (κ3) is 9.46. The average Bonchev–Trinajstić information content (AvgIpc) is 3.03. The van der Waals surface area contributed by atoms with Crippen LogP contribution in [0.25, 0.3) is 0 Å². The van der Waals surface area contributed by atoms with E-state index in [1.54, 1.807) is 20.8 Å². The number of rotatable bonds is 6. The monoisotopic (exact) mass is 688 g/mol. The van der Waals surface area contributed by atoms with Gasteiger partial charge in [0.05, 0.1) is 48.3 Å². The van der Waals surface area contributed by atoms with Gasteiger partial charge in [-0.15, -0.1) is 0 Å². The summed E-state index contributed by atoms with van der Waals surface area (Å²) < 4.78 is 37.2. The number of esters is 1. The van der Waals surface area contributed by atoms with E-state index in [0.29, 0.717) is 18.6 Å². The summed E-state index contributed by atoms with van der Waals surface area (Å²) in [6, 6.07) is -0.198. The van der Waals surface area contributed by atoms with Crippen molar-refractivity contribution in [2.45, 2.75) is 155 Å². The summed E-state index contributed by atoms with van der Waals surface area (Å²) in [7, 11) is 5.35. The molecule has 0 saturated carbocycles. The second-order valence-corrected chi connectivity index (χ2v) is 15.1. The number of methoxy groups -OCH3 is 1. The Balaban J connectivity index is 2.09. The molecule has 0 bridgehead atoms. The number of carbonyl (C=O) groups excluding carboxylic acids is 1. The molecular formula is C35H64N2O11. The van der Waals surface area contributed by atoms with Crippen LogP contribution in [0.5, 0.6) is 0 Å². The predicted octanol–water partition coefficient (Wildman–Crippen LogP) is 3.04. The predicted molar refractivity (Wildman–Crippen MR) is 178 cm³/mol. The topological polar surface area (TPSA) is 169 Å². The Labute approximate surface area is 287 Å². The molecule has 13 nitrogen and oxygen atoms in total. The lowest BCUT2D eigenvalue weighted by Gasteiger charge is -2.46. The number of cyclic esters (lactones) is 1. The van der Waals surface area contributed by atoms with Crippen LogP contribution in [0.15, 0.2) is 5.16 Å². The van der Waals surface area contributed by atoms with Gasteiger partial charge in [-0.2, -0.15) is 0 Å². The van der Waals surface area contributed by atoms with Gasteiger partial charge in [0.2, 0.25) is 0 Å². The molecule has 13 heteroatoms. The van der Waals surface area contributed by atoms with Crippen molar-refractivity contribution in [2.24, 2.45) is 40.7 Å². The molecule has 0 spiro atoms. The van der Waals surface area contributed by atoms with Crippen molar-refractivity contribution >= 4 is 11.7 Å². The van der Waals surface area contributed by atoms with Crippen LogP contribution in [-0.2, 0) is 33.2 Å². The van der Waals surface area contributed by atoms with Crippen molar-refractivity contribution in [3.63, 3.8) is 0 Å². The highest BCUT2D eigenvalue weighted by atomic mass is 16.7. The van der Waals surface area contributed by atoms with Crippen molar-refractivity contribution < 1.29 is 53.7 Å². The fourth-order valence-corrected chi connectivity index (χ4v) is 7.87. The SMILES string of the molecule is CO[C@@H]1C[C@H](O[C@H]2[C@H](C)[C@@H](O[C@@H]3O[C@H](C)C[C@H](N(C)C)[C@@H]3O)[C@@H](C)C[C@@H](C)/C(=N\O)[C@H](C)[C@@H](O)[C@@H](C)[C@@H](C)OC(=O)[C@@H]2C)O[C@@H](C)[C@@H]1O. The Bertz CT molecular complexity index is 1050. The van der Waals surface area contributed by atoms with Crippen LogP contribution in [0, 0.1) is 35.5 Å². The number of aliphatic hydroxyl groups is 3. The van der Waals surface area contributed by atoms with Crippen molar-refractivity contribution in [1.82, 2.24) is 4.90 Å². The second kappa shape index (κ2) is 17.7. The Morgan fingerprint density at radius 1 is 0.771 bits per heavy atom. The fraction of sp³-hybridized carbons (Fsp3) is 0.943. The van der Waals surface area contributed by atoms with Crippen LogP contribution in [0.2, 0.25) is 0 Å². The van der Waals surface area contributed by atoms with E-state index < -0.39 is 91.1 Å². The van der Waals surface area contributed by atoms with Crippen molar-refractivity contribution in [3.8, 4) is 0 Å². The first kappa shape index (κ1) is 41.0. The quantitative estimate of drug-likeness (QED) is 0.183. The fourth-order valence-electron chi connectivity index (χ4n) is 7.87. The highest BCUT2D eigenvalue weighted by molar-refractivity contribution is 5.88. The van der Waals surface area contributed by atoms with Crippen LogP contribution in [0.3, 0.4) is 0 Å². The number of hydrogen-bond donors (Lipinski definition) is 4. The Morgan fingerprint density at radius 2 is 1.42 bits per heavy atom. The normalized spacial score (nSPS) is 48.2. The molecule has 3 rings (SSSR count). The molecule has 0 aromatic heterocycles. The lowest BCUT2D eigenvalue weighted by molar-refractivity contribution is -0.298. The molecule has 0 aromatic carbocycles. The maximum atomic E-state index is 13.9. The maximum Gasteiger partial charge on any atom is 0.311 e. The standard InChI is InChI=1S/C35H64N2O11/c1-16-13-17(2)32(48-35-31(40)25(37(10)11)14-18(3)44-35)21(6)33(47-27-15-26(43-12)30(39)24(9)45-27)22(7)34(41)46-23(8)19(4)29(38)20(5)28(16)36-42/h16-27,29-33,35,38-40,42H,13-15H2,1-12H3/b36-28+/t16-,17+,18-,19+,20+,21-,22-,23-,24+,25+,26-,27+,29+,30+,31+,32+,33+,35+/m1/s1. The molecule has 3 heterocycles. The maximum absolute atomic E-state index is 13.9. The largest absolute Gasteiger partial charge is 0.462 e. The number of likely N-dealkylation sites (N-methyl/N-ethyl adjacent to an activating group) is 1. The summed E-state index contributed by atoms with van der Waals surface area (Å²) >= 11 is 0. The Morgan fingerprint density at radius 3 is 2.00 bits per heavy atom. The van der Waals surface area contributed by atoms with Crippen molar-refractivity contribution in [2.75, 3.05) is 21.2 Å². The number of nitrogens with zero attached hydrogens (tertiary/aromatic N) is 2. The van der Waals surface area contributed by atoms with Gasteiger partial charge in [0.25, 0.3) is 0 Å². The van der Waals surface area contributed by atoms with Gasteiger partial charge in [-0.05, 0) is 66.5 Å². The van der Waals surface area contributed by atoms with Crippen molar-refractivity contribution in [3.05, 3.63) is 0 Å². The molecule has 18 atom stereocenters. The first-order chi connectivity index (χ1) is 22.4. The summed E-state index contributed by atoms with van der Waals surface area (Å²) in [6.07, 6.45) is -6.47. The van der Waals surface area contributed by atoms with Gasteiger partial charge in [-0.3, -0.25) is 4.79 Å². The minimum atomic E-state index is -0.959. The molecule has 0 aliphatic carbocycles. The van der Waals surface area contributed by atoms with E-state index in [9.17, 15) is 25.3 Å². The van der Waals surface area contributed by atoms with E-state index in [0.717, 1.165) is 0 Å². The molecule has 4 N–H and O–H groups in total. The highest BCUT2D eigenvalue weighted by Gasteiger charge is 2.47. The Kier molecular flexibility index (Phi) is 15.1. The molecule has 3 aliphatic heterocycles. The van der Waals surface area contributed by atoms with E-state index in [4.69, 9.17) is 28.4 Å². The first-order valence-electron chi connectivity index (χ1n) is 17.7. The van der Waals surface area contributed by atoms with Gasteiger partial charge >= 0.3 is 5.97 Å². The van der Waals surface area contributed by atoms with Crippen molar-refractivity contribution in [1.29, 1.82) is 0 Å². The molecule has 0 unspecified atom stereocenters. The minimum Gasteiger partial charge on any atom is -0.462 e. The number of oxime groups is 1. The van der Waals surface area contributed by atoms with Crippen LogP contribution >= 0.6 is 0 Å². The lowest BCUT2D eigenvalue weighted by Crippen LogP contribution is -2.57. The average molecular weight is 689 g/mol. The summed E-state index contributed by atoms with van der Waals surface area (Å²) in [5.74, 6) is -3.24. The van der Waals surface area contributed by atoms with Gasteiger partial charge < -0.3 is 53.8 Å². The molecule has 0 radical (unpaired) electrons. The number of ether oxygens (including phenoxy) is 6. The highest BCUT2D eigenvalue weighted by Crippen LogP contribution is 2.37. The van der Waals surface area contributed by atoms with E-state index in [2.05, 4.69) is 5.16 Å². The summed E-state index contributed by atoms with van der Waals surface area (Å²) in [5.41, 5.74) is 0.438. The van der Waals surface area contributed by atoms with Crippen LogP contribution < -0.4 is 0 Å². The zero-order valence-corrected chi connectivity index (χ0v) is 31.1. The zero-order valence-electron chi connectivity index (χ0n) is 31.1. The number of carbonyl (C=O) groups is 1. The zero-order chi connectivity index (χ0) is 36.2. The number of hydrogen-bond acceptors (Lipinski definition) is 13. The smallest absolute Gasteiger partial charge is 0.311 e. The molecule has 3 saturated heterocycles. The summed E-state index contributed by atoms with van der Waals surface area (Å²) in [4.78, 5) is 15.8. The summed E-state index contributed by atoms with van der Waals surface area (Å²) in [5, 5.41) is 47.2. The lowest BCUT2D eigenvalue weighted by atomic mass is 9.76. The van der Waals surface area contributed by atoms with E-state index in [-0.39, 0.29) is 30.4 Å². The van der Waals surface area contributed by atoms with Crippen LogP contribution in [-0.4, -0.2) is 132 Å². The van der Waals surface area contributed by atoms with Gasteiger partial charge in [0, 0.05) is 37.3 Å². The van der Waals surface area contributed by atoms with Crippen LogP contribution in [0.1, 0.15) is 81.6 Å². The van der Waals surface area contributed by atoms with Gasteiger partial charge in [0.15, 0.2) is 12.6 Å². The van der Waals surface area contributed by atoms with E-state index in [1.165, 1.54) is 7.11 Å². The summed E-state index contributed by atoms with van der Waals surface area (Å²) in [6.45, 7) is 16.7. The van der Waals surface area contributed by atoms with Gasteiger partial charge in [-0.1, -0.05) is 39.8 Å². The van der Waals surface area contributed by atoms with Gasteiger partial charge in [-0.25, -0.2) is 0 Å². The molecule has 3 aliphatic rings. The Hall–Kier alpha value is -1.42. The molecule has 3 fully saturated rings. The molecule has 48 heavy (non-hydrogen) atoms. The molecular weight excluding hydrogens is 624 g/mol. The molecule has 0 aromatic rings. The first-order valence-corrected chi connectivity index (χ1v) is 17.7. The van der Waals surface area contributed by atoms with Crippen LogP contribution in [0.4, 0.5) is 0 Å². The van der Waals surface area contributed by atoms with E-state index in [1.807, 2.05) is 60.5 Å². The molecule has 280 valence electrons. The van der Waals surface area contributed by atoms with E-state index >= 15 is 0 Å².